The second-order valence-electron chi connectivity index (χ2n) is 5.67. The van der Waals surface area contributed by atoms with E-state index in [-0.39, 0.29) is 0 Å². The van der Waals surface area contributed by atoms with E-state index >= 15 is 0 Å². The number of nitrogens with two attached hydrogens (primary N) is 1. The summed E-state index contributed by atoms with van der Waals surface area (Å²) < 4.78 is 6.06. The molecule has 0 radical (unpaired) electrons. The molecule has 0 aromatic heterocycles. The minimum Gasteiger partial charge on any atom is -0.374 e. The Morgan fingerprint density at radius 3 is 2.83 bits per heavy atom. The minimum atomic E-state index is 0.460. The van der Waals surface area contributed by atoms with Crippen LogP contribution >= 0.6 is 0 Å². The van der Waals surface area contributed by atoms with E-state index in [1.54, 1.807) is 0 Å². The van der Waals surface area contributed by atoms with E-state index < -0.39 is 0 Å². The summed E-state index contributed by atoms with van der Waals surface area (Å²) in [4.78, 5) is 0. The summed E-state index contributed by atoms with van der Waals surface area (Å²) in [6, 6.07) is 6.43. The van der Waals surface area contributed by atoms with Gasteiger partial charge in [-0.2, -0.15) is 0 Å². The number of ether oxygens (including phenoxy) is 1. The molecule has 2 N–H and O–H groups in total. The van der Waals surface area contributed by atoms with Gasteiger partial charge in [0.05, 0.1) is 12.7 Å². The molecule has 18 heavy (non-hydrogen) atoms. The van der Waals surface area contributed by atoms with Gasteiger partial charge >= 0.3 is 0 Å². The van der Waals surface area contributed by atoms with Crippen molar-refractivity contribution >= 4 is 0 Å². The maximum atomic E-state index is 6.06. The lowest BCUT2D eigenvalue weighted by Crippen LogP contribution is -2.21. The molecule has 2 rings (SSSR count). The summed E-state index contributed by atoms with van der Waals surface area (Å²) in [5.74, 6) is 0.824. The summed E-state index contributed by atoms with van der Waals surface area (Å²) >= 11 is 0. The molecule has 1 saturated carbocycles. The number of hydrogen-bond acceptors (Lipinski definition) is 2. The number of aryl methyl sites for hydroxylation is 1. The van der Waals surface area contributed by atoms with Gasteiger partial charge in [-0.25, -0.2) is 0 Å². The Kier molecular flexibility index (Phi) is 4.79. The maximum absolute atomic E-state index is 6.06. The Labute approximate surface area is 111 Å². The van der Waals surface area contributed by atoms with Crippen LogP contribution in [0.5, 0.6) is 0 Å². The molecule has 2 nitrogen and oxygen atoms in total. The molecule has 0 amide bonds. The van der Waals surface area contributed by atoms with Crippen LogP contribution in [0, 0.1) is 12.8 Å². The fraction of sp³-hybridized carbons (Fsp3) is 0.625. The molecule has 1 aliphatic carbocycles. The van der Waals surface area contributed by atoms with Crippen LogP contribution in [0.3, 0.4) is 0 Å². The number of rotatable bonds is 4. The minimum absolute atomic E-state index is 0.460. The lowest BCUT2D eigenvalue weighted by Gasteiger charge is -2.27. The largest absolute Gasteiger partial charge is 0.374 e. The zero-order chi connectivity index (χ0) is 13.0. The third-order valence-electron chi connectivity index (χ3n) is 4.01. The molecule has 1 aromatic carbocycles. The first kappa shape index (κ1) is 13.6. The molecule has 1 aromatic rings. The van der Waals surface area contributed by atoms with E-state index in [0.29, 0.717) is 12.6 Å². The molecule has 0 saturated heterocycles. The zero-order valence-electron chi connectivity index (χ0n) is 11.6. The third kappa shape index (κ3) is 3.56. The summed E-state index contributed by atoms with van der Waals surface area (Å²) in [6.07, 6.45) is 5.59. The van der Waals surface area contributed by atoms with Crippen molar-refractivity contribution in [3.05, 3.63) is 34.9 Å². The second-order valence-corrected chi connectivity index (χ2v) is 5.67. The first-order valence-corrected chi connectivity index (χ1v) is 7.09. The van der Waals surface area contributed by atoms with Gasteiger partial charge in [0.15, 0.2) is 0 Å². The molecule has 100 valence electrons. The molecule has 0 bridgehead atoms. The Morgan fingerprint density at radius 1 is 1.33 bits per heavy atom. The monoisotopic (exact) mass is 247 g/mol. The van der Waals surface area contributed by atoms with Crippen molar-refractivity contribution in [1.82, 2.24) is 0 Å². The molecule has 2 unspecified atom stereocenters. The summed E-state index contributed by atoms with van der Waals surface area (Å²) in [7, 11) is 0. The zero-order valence-corrected chi connectivity index (χ0v) is 11.6. The third-order valence-corrected chi connectivity index (χ3v) is 4.01. The van der Waals surface area contributed by atoms with E-state index in [1.807, 2.05) is 0 Å². The first-order valence-electron chi connectivity index (χ1n) is 7.09. The molecule has 1 fully saturated rings. The van der Waals surface area contributed by atoms with Crippen LogP contribution in [0.15, 0.2) is 18.2 Å². The van der Waals surface area contributed by atoms with Crippen molar-refractivity contribution in [2.75, 3.05) is 0 Å². The highest BCUT2D eigenvalue weighted by Crippen LogP contribution is 2.26. The molecular weight excluding hydrogens is 222 g/mol. The summed E-state index contributed by atoms with van der Waals surface area (Å²) in [5, 5.41) is 0. The quantitative estimate of drug-likeness (QED) is 0.883. The van der Waals surface area contributed by atoms with Gasteiger partial charge in [-0.3, -0.25) is 0 Å². The first-order chi connectivity index (χ1) is 8.69. The van der Waals surface area contributed by atoms with Crippen molar-refractivity contribution in [1.29, 1.82) is 0 Å². The normalized spacial score (nSPS) is 24.2. The van der Waals surface area contributed by atoms with Crippen molar-refractivity contribution in [2.24, 2.45) is 11.7 Å². The smallest absolute Gasteiger partial charge is 0.0723 e. The Balaban J connectivity index is 1.89. The van der Waals surface area contributed by atoms with E-state index in [0.717, 1.165) is 12.5 Å². The summed E-state index contributed by atoms with van der Waals surface area (Å²) in [5.41, 5.74) is 9.43. The molecule has 0 spiro atoms. The van der Waals surface area contributed by atoms with Crippen LogP contribution in [0.4, 0.5) is 0 Å². The second kappa shape index (κ2) is 6.35. The summed E-state index contributed by atoms with van der Waals surface area (Å²) in [6.45, 7) is 5.83. The average Bonchev–Trinajstić information content (AvgIpc) is 2.37. The maximum Gasteiger partial charge on any atom is 0.0723 e. The predicted molar refractivity (Wildman–Crippen MR) is 75.3 cm³/mol. The van der Waals surface area contributed by atoms with Gasteiger partial charge in [-0.15, -0.1) is 0 Å². The topological polar surface area (TPSA) is 35.2 Å². The van der Waals surface area contributed by atoms with Crippen molar-refractivity contribution in [3.8, 4) is 0 Å². The van der Waals surface area contributed by atoms with Crippen molar-refractivity contribution in [2.45, 2.75) is 58.8 Å². The Bertz CT molecular complexity index is 389. The lowest BCUT2D eigenvalue weighted by atomic mass is 9.89. The van der Waals surface area contributed by atoms with E-state index in [4.69, 9.17) is 10.5 Å². The highest BCUT2D eigenvalue weighted by Gasteiger charge is 2.19. The predicted octanol–water partition coefficient (Wildman–Crippen LogP) is 3.55. The van der Waals surface area contributed by atoms with Gasteiger partial charge in [0, 0.05) is 6.54 Å². The molecule has 2 heteroatoms. The van der Waals surface area contributed by atoms with Gasteiger partial charge in [0.25, 0.3) is 0 Å². The van der Waals surface area contributed by atoms with E-state index in [9.17, 15) is 0 Å². The SMILES string of the molecule is Cc1cc(CN)ccc1COC1CCCC(C)C1. The fourth-order valence-corrected chi connectivity index (χ4v) is 2.78. The number of hydrogen-bond donors (Lipinski definition) is 1. The molecule has 0 aliphatic heterocycles. The Morgan fingerprint density at radius 2 is 2.17 bits per heavy atom. The van der Waals surface area contributed by atoms with E-state index in [2.05, 4.69) is 32.0 Å². The molecule has 1 aliphatic rings. The van der Waals surface area contributed by atoms with Crippen LogP contribution in [-0.2, 0) is 17.9 Å². The van der Waals surface area contributed by atoms with Crippen molar-refractivity contribution in [3.63, 3.8) is 0 Å². The standard InChI is InChI=1S/C16H25NO/c1-12-4-3-5-16(8-12)18-11-15-7-6-14(10-17)9-13(15)2/h6-7,9,12,16H,3-5,8,10-11,17H2,1-2H3. The van der Waals surface area contributed by atoms with Gasteiger partial charge in [-0.1, -0.05) is 38.0 Å². The molecular formula is C16H25NO. The van der Waals surface area contributed by atoms with Crippen molar-refractivity contribution < 1.29 is 4.74 Å². The average molecular weight is 247 g/mol. The van der Waals surface area contributed by atoms with E-state index in [1.165, 1.54) is 42.4 Å². The molecule has 0 heterocycles. The van der Waals surface area contributed by atoms with Gasteiger partial charge < -0.3 is 10.5 Å². The lowest BCUT2D eigenvalue weighted by molar-refractivity contribution is 0.00447. The highest BCUT2D eigenvalue weighted by molar-refractivity contribution is 5.30. The fourth-order valence-electron chi connectivity index (χ4n) is 2.78. The highest BCUT2D eigenvalue weighted by atomic mass is 16.5. The number of benzene rings is 1. The van der Waals surface area contributed by atoms with Crippen LogP contribution in [0.2, 0.25) is 0 Å². The van der Waals surface area contributed by atoms with Crippen LogP contribution in [0.1, 0.15) is 49.3 Å². The Hall–Kier alpha value is -0.860. The van der Waals surface area contributed by atoms with Gasteiger partial charge in [-0.05, 0) is 42.4 Å². The van der Waals surface area contributed by atoms with Crippen LogP contribution in [0.25, 0.3) is 0 Å². The van der Waals surface area contributed by atoms with Crippen LogP contribution < -0.4 is 5.73 Å². The van der Waals surface area contributed by atoms with Gasteiger partial charge in [0.1, 0.15) is 0 Å². The van der Waals surface area contributed by atoms with Crippen LogP contribution in [-0.4, -0.2) is 6.10 Å². The van der Waals surface area contributed by atoms with Gasteiger partial charge in [0.2, 0.25) is 0 Å². The molecule has 2 atom stereocenters.